The second-order valence-electron chi connectivity index (χ2n) is 7.20. The Morgan fingerprint density at radius 1 is 1.05 bits per heavy atom. The van der Waals surface area contributed by atoms with Gasteiger partial charge in [-0.1, -0.05) is 24.3 Å². The van der Waals surface area contributed by atoms with Crippen molar-refractivity contribution in [1.82, 2.24) is 9.80 Å². The van der Waals surface area contributed by atoms with Crippen molar-refractivity contribution in [2.45, 2.75) is 34.1 Å². The van der Waals surface area contributed by atoms with Crippen LogP contribution in [0.1, 0.15) is 34.1 Å². The van der Waals surface area contributed by atoms with Gasteiger partial charge in [-0.05, 0) is 34.1 Å². The third-order valence-electron chi connectivity index (χ3n) is 4.05. The Balaban J connectivity index is 2.16. The fraction of sp³-hybridized carbons (Fsp3) is 0.722. The van der Waals surface area contributed by atoms with E-state index in [0.29, 0.717) is 6.61 Å². The highest BCUT2D eigenvalue weighted by Crippen LogP contribution is 2.15. The number of ether oxygens (including phenoxy) is 1. The lowest BCUT2D eigenvalue weighted by atomic mass is 9.97. The zero-order valence-electron chi connectivity index (χ0n) is 14.8. The van der Waals surface area contributed by atoms with Crippen molar-refractivity contribution < 1.29 is 9.53 Å². The quantitative estimate of drug-likeness (QED) is 0.535. The molecule has 126 valence electrons. The second-order valence-corrected chi connectivity index (χ2v) is 7.20. The Kier molecular flexibility index (Phi) is 7.30. The summed E-state index contributed by atoms with van der Waals surface area (Å²) in [7, 11) is 0. The summed E-state index contributed by atoms with van der Waals surface area (Å²) in [5.41, 5.74) is 1.82. The van der Waals surface area contributed by atoms with Crippen LogP contribution >= 0.6 is 0 Å². The van der Waals surface area contributed by atoms with Gasteiger partial charge in [-0.2, -0.15) is 0 Å². The third-order valence-corrected chi connectivity index (χ3v) is 4.05. The van der Waals surface area contributed by atoms with Gasteiger partial charge in [0.05, 0.1) is 5.41 Å². The Morgan fingerprint density at radius 2 is 1.55 bits per heavy atom. The minimum absolute atomic E-state index is 0.121. The molecule has 0 bridgehead atoms. The van der Waals surface area contributed by atoms with Crippen LogP contribution in [0, 0.1) is 5.41 Å². The van der Waals surface area contributed by atoms with Gasteiger partial charge in [0, 0.05) is 39.3 Å². The average molecular weight is 308 g/mol. The lowest BCUT2D eigenvalue weighted by Gasteiger charge is -2.34. The van der Waals surface area contributed by atoms with Crippen LogP contribution in [0.2, 0.25) is 0 Å². The molecule has 4 nitrogen and oxygen atoms in total. The molecule has 0 atom stereocenters. The Hall–Kier alpha value is -1.13. The molecule has 0 radical (unpaired) electrons. The smallest absolute Gasteiger partial charge is 0.311 e. The van der Waals surface area contributed by atoms with E-state index in [4.69, 9.17) is 4.74 Å². The summed E-state index contributed by atoms with van der Waals surface area (Å²) >= 11 is 0. The summed E-state index contributed by atoms with van der Waals surface area (Å²) in [5, 5.41) is 0. The minimum atomic E-state index is -0.412. The molecule has 4 heteroatoms. The zero-order chi connectivity index (χ0) is 16.8. The van der Waals surface area contributed by atoms with E-state index in [2.05, 4.69) is 23.0 Å². The lowest BCUT2D eigenvalue weighted by Crippen LogP contribution is -2.47. The summed E-state index contributed by atoms with van der Waals surface area (Å²) in [6.07, 6.45) is 0.999. The van der Waals surface area contributed by atoms with E-state index >= 15 is 0 Å². The number of allylic oxidation sites excluding steroid dienone is 1. The number of hydrogen-bond donors (Lipinski definition) is 0. The number of rotatable bonds is 7. The average Bonchev–Trinajstić information content (AvgIpc) is 2.44. The number of piperazine rings is 1. The largest absolute Gasteiger partial charge is 0.464 e. The van der Waals surface area contributed by atoms with Crippen LogP contribution in [0.3, 0.4) is 0 Å². The van der Waals surface area contributed by atoms with Gasteiger partial charge in [0.25, 0.3) is 0 Å². The second kappa shape index (κ2) is 8.49. The zero-order valence-corrected chi connectivity index (χ0v) is 14.8. The van der Waals surface area contributed by atoms with Gasteiger partial charge < -0.3 is 9.64 Å². The molecular weight excluding hydrogens is 276 g/mol. The van der Waals surface area contributed by atoms with E-state index in [-0.39, 0.29) is 5.97 Å². The summed E-state index contributed by atoms with van der Waals surface area (Å²) in [4.78, 5) is 16.5. The van der Waals surface area contributed by atoms with Crippen LogP contribution in [0.4, 0.5) is 0 Å². The molecule has 22 heavy (non-hydrogen) atoms. The molecule has 0 N–H and O–H groups in total. The molecule has 0 aromatic rings. The molecule has 1 aliphatic heterocycles. The maximum absolute atomic E-state index is 11.7. The first-order valence-electron chi connectivity index (χ1n) is 8.15. The van der Waals surface area contributed by atoms with Crippen molar-refractivity contribution in [2.75, 3.05) is 45.9 Å². The molecule has 1 saturated heterocycles. The van der Waals surface area contributed by atoms with Gasteiger partial charge in [-0.3, -0.25) is 9.69 Å². The molecule has 1 heterocycles. The van der Waals surface area contributed by atoms with E-state index < -0.39 is 5.41 Å². The first-order valence-corrected chi connectivity index (χ1v) is 8.15. The van der Waals surface area contributed by atoms with Gasteiger partial charge in [-0.25, -0.2) is 0 Å². The van der Waals surface area contributed by atoms with Crippen molar-refractivity contribution in [3.8, 4) is 0 Å². The highest BCUT2D eigenvalue weighted by atomic mass is 16.5. The van der Waals surface area contributed by atoms with Crippen LogP contribution in [0.25, 0.3) is 0 Å². The van der Waals surface area contributed by atoms with Crippen LogP contribution in [0.5, 0.6) is 0 Å². The molecule has 0 spiro atoms. The van der Waals surface area contributed by atoms with Crippen molar-refractivity contribution in [1.29, 1.82) is 0 Å². The SMILES string of the molecule is C=C(C)C(=C)CCN1CCN(CCOC(=O)C(C)(C)C)CC1. The predicted octanol–water partition coefficient (Wildman–Crippen LogP) is 2.72. The molecular formula is C18H32N2O2. The van der Waals surface area contributed by atoms with E-state index in [1.165, 1.54) is 0 Å². The predicted molar refractivity (Wildman–Crippen MR) is 91.9 cm³/mol. The summed E-state index contributed by atoms with van der Waals surface area (Å²) < 4.78 is 5.33. The Bertz CT molecular complexity index is 402. The molecule has 0 aliphatic carbocycles. The van der Waals surface area contributed by atoms with E-state index in [1.807, 2.05) is 27.7 Å². The number of hydrogen-bond acceptors (Lipinski definition) is 4. The number of nitrogens with zero attached hydrogens (tertiary/aromatic N) is 2. The van der Waals surface area contributed by atoms with Gasteiger partial charge in [0.15, 0.2) is 0 Å². The van der Waals surface area contributed by atoms with Crippen LogP contribution in [0.15, 0.2) is 24.3 Å². The molecule has 0 unspecified atom stereocenters. The number of carbonyl (C=O) groups excluding carboxylic acids is 1. The maximum atomic E-state index is 11.7. The highest BCUT2D eigenvalue weighted by molar-refractivity contribution is 5.75. The third kappa shape index (κ3) is 6.75. The molecule has 0 aromatic heterocycles. The van der Waals surface area contributed by atoms with Gasteiger partial charge in [-0.15, -0.1) is 0 Å². The standard InChI is InChI=1S/C18H32N2O2/c1-15(2)16(3)7-8-19-9-11-20(12-10-19)13-14-22-17(21)18(4,5)6/h1,3,7-14H2,2,4-6H3. The number of carbonyl (C=O) groups is 1. The van der Waals surface area contributed by atoms with Crippen LogP contribution in [-0.2, 0) is 9.53 Å². The normalized spacial score (nSPS) is 17.3. The fourth-order valence-electron chi connectivity index (χ4n) is 2.23. The van der Waals surface area contributed by atoms with Gasteiger partial charge >= 0.3 is 5.97 Å². The van der Waals surface area contributed by atoms with E-state index in [0.717, 1.165) is 56.8 Å². The maximum Gasteiger partial charge on any atom is 0.311 e. The molecule has 0 saturated carbocycles. The van der Waals surface area contributed by atoms with Crippen molar-refractivity contribution in [2.24, 2.45) is 5.41 Å². The summed E-state index contributed by atoms with van der Waals surface area (Å²) in [5.74, 6) is -0.121. The molecule has 1 aliphatic rings. The lowest BCUT2D eigenvalue weighted by molar-refractivity contribution is -0.153. The van der Waals surface area contributed by atoms with E-state index in [9.17, 15) is 4.79 Å². The topological polar surface area (TPSA) is 32.8 Å². The molecule has 1 rings (SSSR count). The summed E-state index contributed by atoms with van der Waals surface area (Å²) in [6.45, 7) is 22.2. The molecule has 0 amide bonds. The Morgan fingerprint density at radius 3 is 2.00 bits per heavy atom. The van der Waals surface area contributed by atoms with Crippen molar-refractivity contribution in [3.63, 3.8) is 0 Å². The van der Waals surface area contributed by atoms with Crippen LogP contribution in [-0.4, -0.2) is 61.6 Å². The Labute approximate surface area is 135 Å². The van der Waals surface area contributed by atoms with Crippen LogP contribution < -0.4 is 0 Å². The minimum Gasteiger partial charge on any atom is -0.464 e. The van der Waals surface area contributed by atoms with E-state index in [1.54, 1.807) is 0 Å². The van der Waals surface area contributed by atoms with Crippen molar-refractivity contribution in [3.05, 3.63) is 24.3 Å². The molecule has 1 fully saturated rings. The molecule has 0 aromatic carbocycles. The number of esters is 1. The first-order chi connectivity index (χ1) is 10.2. The fourth-order valence-corrected chi connectivity index (χ4v) is 2.23. The summed E-state index contributed by atoms with van der Waals surface area (Å²) in [6, 6.07) is 0. The van der Waals surface area contributed by atoms with Crippen molar-refractivity contribution >= 4 is 5.97 Å². The first kappa shape index (κ1) is 18.9. The monoisotopic (exact) mass is 308 g/mol. The van der Waals surface area contributed by atoms with Gasteiger partial charge in [0.1, 0.15) is 6.61 Å². The highest BCUT2D eigenvalue weighted by Gasteiger charge is 2.23. The van der Waals surface area contributed by atoms with Gasteiger partial charge in [0.2, 0.25) is 0 Å².